The molecule has 2 aliphatic rings. The van der Waals surface area contributed by atoms with Crippen LogP contribution in [-0.2, 0) is 30.4 Å². The van der Waals surface area contributed by atoms with E-state index in [0.717, 1.165) is 12.0 Å². The Kier molecular flexibility index (Phi) is 5.93. The first-order chi connectivity index (χ1) is 13.3. The van der Waals surface area contributed by atoms with Crippen LogP contribution in [0.4, 0.5) is 0 Å². The molecule has 2 fully saturated rings. The van der Waals surface area contributed by atoms with Crippen molar-refractivity contribution in [1.82, 2.24) is 10.2 Å². The van der Waals surface area contributed by atoms with E-state index in [2.05, 4.69) is 10.1 Å². The molecule has 2 atom stereocenters. The van der Waals surface area contributed by atoms with Gasteiger partial charge in [0.15, 0.2) is 6.61 Å². The number of hydrogen-bond donors (Lipinski definition) is 1. The number of nitrogens with one attached hydrogen (secondary N) is 1. The summed E-state index contributed by atoms with van der Waals surface area (Å²) in [4.78, 5) is 49.0. The average molecular weight is 406 g/mol. The molecule has 0 radical (unpaired) electrons. The van der Waals surface area contributed by atoms with E-state index in [-0.39, 0.29) is 17.3 Å². The molecule has 1 N–H and O–H groups in total. The first-order valence-electron chi connectivity index (χ1n) is 8.91. The Bertz CT molecular complexity index is 796. The Morgan fingerprint density at radius 3 is 2.68 bits per heavy atom. The normalized spacial score (nSPS) is 23.3. The highest BCUT2D eigenvalue weighted by molar-refractivity contribution is 8.01. The molecular formula is C19H22N2O6S. The highest BCUT2D eigenvalue weighted by Gasteiger charge is 2.53. The minimum Gasteiger partial charge on any atom is -0.465 e. The number of carbonyl (C=O) groups excluding carboxylic acids is 4. The van der Waals surface area contributed by atoms with Gasteiger partial charge in [0.05, 0.1) is 17.5 Å². The second-order valence-corrected chi connectivity index (χ2v) is 8.34. The molecule has 8 nitrogen and oxygen atoms in total. The van der Waals surface area contributed by atoms with Crippen LogP contribution in [-0.4, -0.2) is 59.0 Å². The van der Waals surface area contributed by atoms with Gasteiger partial charge < -0.3 is 19.7 Å². The van der Waals surface area contributed by atoms with E-state index >= 15 is 0 Å². The second-order valence-electron chi connectivity index (χ2n) is 6.84. The molecule has 2 amide bonds. The lowest BCUT2D eigenvalue weighted by Crippen LogP contribution is -2.47. The van der Waals surface area contributed by atoms with Crippen molar-refractivity contribution < 1.29 is 28.7 Å². The van der Waals surface area contributed by atoms with Gasteiger partial charge in [-0.05, 0) is 31.0 Å². The van der Waals surface area contributed by atoms with E-state index < -0.39 is 30.5 Å². The van der Waals surface area contributed by atoms with Crippen molar-refractivity contribution in [3.05, 3.63) is 35.4 Å². The Hall–Kier alpha value is -2.55. The lowest BCUT2D eigenvalue weighted by molar-refractivity contribution is -0.156. The fourth-order valence-electron chi connectivity index (χ4n) is 3.36. The quantitative estimate of drug-likeness (QED) is 0.706. The first kappa shape index (κ1) is 20.2. The Morgan fingerprint density at radius 1 is 1.29 bits per heavy atom. The van der Waals surface area contributed by atoms with E-state index in [4.69, 9.17) is 4.74 Å². The molecule has 0 aromatic heterocycles. The summed E-state index contributed by atoms with van der Waals surface area (Å²) in [5.41, 5.74) is 1.21. The van der Waals surface area contributed by atoms with Crippen molar-refractivity contribution in [3.8, 4) is 0 Å². The summed E-state index contributed by atoms with van der Waals surface area (Å²) in [6.07, 6.45) is 1.15. The van der Waals surface area contributed by atoms with Crippen molar-refractivity contribution in [2.75, 3.05) is 19.5 Å². The maximum absolute atomic E-state index is 12.3. The van der Waals surface area contributed by atoms with E-state index in [1.54, 1.807) is 40.9 Å². The molecule has 0 bridgehead atoms. The number of ether oxygens (including phenoxy) is 2. The van der Waals surface area contributed by atoms with Crippen LogP contribution in [0.15, 0.2) is 24.3 Å². The zero-order valence-corrected chi connectivity index (χ0v) is 16.5. The molecule has 1 aromatic carbocycles. The molecule has 0 spiro atoms. The molecule has 0 saturated carbocycles. The minimum atomic E-state index is -0.635. The van der Waals surface area contributed by atoms with Gasteiger partial charge in [0.1, 0.15) is 6.04 Å². The smallest absolute Gasteiger partial charge is 0.337 e. The van der Waals surface area contributed by atoms with E-state index in [9.17, 15) is 19.2 Å². The lowest BCUT2D eigenvalue weighted by Gasteiger charge is -2.29. The van der Waals surface area contributed by atoms with Crippen LogP contribution >= 0.6 is 11.8 Å². The third-order valence-electron chi connectivity index (χ3n) is 4.93. The largest absolute Gasteiger partial charge is 0.465 e. The zero-order chi connectivity index (χ0) is 20.3. The van der Waals surface area contributed by atoms with Gasteiger partial charge in [-0.3, -0.25) is 9.59 Å². The van der Waals surface area contributed by atoms with Gasteiger partial charge in [-0.2, -0.15) is 0 Å². The summed E-state index contributed by atoms with van der Waals surface area (Å²) in [5, 5.41) is 2.65. The molecule has 0 aliphatic carbocycles. The number of carbonyl (C=O) groups is 4. The number of esters is 2. The molecule has 3 rings (SSSR count). The van der Waals surface area contributed by atoms with Gasteiger partial charge in [0.2, 0.25) is 5.91 Å². The van der Waals surface area contributed by atoms with Crippen LogP contribution in [0.2, 0.25) is 0 Å². The van der Waals surface area contributed by atoms with Gasteiger partial charge in [-0.1, -0.05) is 12.1 Å². The first-order valence-corrected chi connectivity index (χ1v) is 9.89. The molecule has 1 aromatic rings. The van der Waals surface area contributed by atoms with Gasteiger partial charge in [-0.15, -0.1) is 11.8 Å². The van der Waals surface area contributed by atoms with Crippen LogP contribution in [0, 0.1) is 0 Å². The zero-order valence-electron chi connectivity index (χ0n) is 15.7. The monoisotopic (exact) mass is 406 g/mol. The molecule has 2 saturated heterocycles. The number of nitrogens with zero attached hydrogens (tertiary/aromatic N) is 1. The van der Waals surface area contributed by atoms with Gasteiger partial charge >= 0.3 is 11.9 Å². The topological polar surface area (TPSA) is 102 Å². The lowest BCUT2D eigenvalue weighted by atomic mass is 10.1. The summed E-state index contributed by atoms with van der Waals surface area (Å²) < 4.78 is 9.75. The predicted molar refractivity (Wildman–Crippen MR) is 101 cm³/mol. The van der Waals surface area contributed by atoms with Crippen molar-refractivity contribution in [3.63, 3.8) is 0 Å². The molecule has 2 heterocycles. The highest BCUT2D eigenvalue weighted by Crippen LogP contribution is 2.47. The third-order valence-corrected chi connectivity index (χ3v) is 6.43. The van der Waals surface area contributed by atoms with E-state index in [0.29, 0.717) is 17.7 Å². The van der Waals surface area contributed by atoms with Gasteiger partial charge in [0, 0.05) is 18.7 Å². The van der Waals surface area contributed by atoms with Crippen molar-refractivity contribution in [2.45, 2.75) is 37.2 Å². The minimum absolute atomic E-state index is 0.0469. The Balaban J connectivity index is 1.45. The molecular weight excluding hydrogens is 384 g/mol. The summed E-state index contributed by atoms with van der Waals surface area (Å²) in [6.45, 7) is 1.78. The average Bonchev–Trinajstić information content (AvgIpc) is 3.20. The molecule has 9 heteroatoms. The van der Waals surface area contributed by atoms with Crippen LogP contribution in [0.3, 0.4) is 0 Å². The number of hydrogen-bond acceptors (Lipinski definition) is 7. The number of amides is 2. The maximum Gasteiger partial charge on any atom is 0.337 e. The third kappa shape index (κ3) is 4.14. The predicted octanol–water partition coefficient (Wildman–Crippen LogP) is 1.09. The number of rotatable bonds is 6. The summed E-state index contributed by atoms with van der Waals surface area (Å²) in [5.74, 6) is -0.986. The van der Waals surface area contributed by atoms with Crippen molar-refractivity contribution in [2.24, 2.45) is 0 Å². The SMILES string of the molecule is COC(=O)c1ccc(CNC(=O)COC(=O)[C@@H]2CS[C@@]3(C)CCC(=O)N23)cc1. The second kappa shape index (κ2) is 8.22. The van der Waals surface area contributed by atoms with E-state index in [1.807, 2.05) is 6.92 Å². The van der Waals surface area contributed by atoms with Crippen LogP contribution in [0.25, 0.3) is 0 Å². The van der Waals surface area contributed by atoms with Crippen LogP contribution in [0.1, 0.15) is 35.7 Å². The fraction of sp³-hybridized carbons (Fsp3) is 0.474. The summed E-state index contributed by atoms with van der Waals surface area (Å²) >= 11 is 1.57. The van der Waals surface area contributed by atoms with Crippen molar-refractivity contribution >= 4 is 35.5 Å². The standard InChI is InChI=1S/C19H22N2O6S/c1-19-8-7-16(23)21(19)14(11-28-19)18(25)27-10-15(22)20-9-12-3-5-13(6-4-12)17(24)26-2/h3-6,14H,7-11H2,1-2H3,(H,20,22)/t14-,19-/m0/s1. The summed E-state index contributed by atoms with van der Waals surface area (Å²) in [7, 11) is 1.31. The van der Waals surface area contributed by atoms with Crippen LogP contribution < -0.4 is 5.32 Å². The van der Waals surface area contributed by atoms with E-state index in [1.165, 1.54) is 7.11 Å². The summed E-state index contributed by atoms with van der Waals surface area (Å²) in [6, 6.07) is 5.98. The number of thioether (sulfide) groups is 1. The Labute approximate surface area is 166 Å². The van der Waals surface area contributed by atoms with Gasteiger partial charge in [-0.25, -0.2) is 9.59 Å². The molecule has 2 aliphatic heterocycles. The van der Waals surface area contributed by atoms with Crippen LogP contribution in [0.5, 0.6) is 0 Å². The number of benzene rings is 1. The van der Waals surface area contributed by atoms with Crippen molar-refractivity contribution in [1.29, 1.82) is 0 Å². The number of methoxy groups -OCH3 is 1. The molecule has 0 unspecified atom stereocenters. The number of fused-ring (bicyclic) bond motifs is 1. The maximum atomic E-state index is 12.3. The van der Waals surface area contributed by atoms with Gasteiger partial charge in [0.25, 0.3) is 5.91 Å². The fourth-order valence-corrected chi connectivity index (χ4v) is 4.77. The Morgan fingerprint density at radius 2 is 2.00 bits per heavy atom. The molecule has 150 valence electrons. The molecule has 28 heavy (non-hydrogen) atoms. The highest BCUT2D eigenvalue weighted by atomic mass is 32.2.